The summed E-state index contributed by atoms with van der Waals surface area (Å²) in [5.74, 6) is 1.14. The molecule has 0 saturated carbocycles. The molecule has 0 bridgehead atoms. The molecule has 0 spiro atoms. The summed E-state index contributed by atoms with van der Waals surface area (Å²) in [5, 5.41) is 12.0. The van der Waals surface area contributed by atoms with E-state index in [1.807, 2.05) is 13.8 Å². The molecule has 8 heteroatoms. The van der Waals surface area contributed by atoms with E-state index in [2.05, 4.69) is 20.1 Å². The molecule has 0 fully saturated rings. The standard InChI is InChI=1S/C15H25N5O2S/c1-3-16-13(21)10-19(4-2)14(22)11-23-15-18-17-12-8-6-5-7-9-20(12)15/h3-11H2,1-2H3,(H,16,21). The van der Waals surface area contributed by atoms with Crippen LogP contribution in [0.25, 0.3) is 0 Å². The Balaban J connectivity index is 1.90. The quantitative estimate of drug-likeness (QED) is 0.752. The SMILES string of the molecule is CCNC(=O)CN(CC)C(=O)CSc1nnc2n1CCCCC2. The highest BCUT2D eigenvalue weighted by Crippen LogP contribution is 2.21. The van der Waals surface area contributed by atoms with E-state index in [1.165, 1.54) is 18.2 Å². The number of thioether (sulfide) groups is 1. The van der Waals surface area contributed by atoms with Crippen LogP contribution in [-0.4, -0.2) is 56.9 Å². The molecule has 0 aromatic carbocycles. The highest BCUT2D eigenvalue weighted by atomic mass is 32.2. The number of aryl methyl sites for hydroxylation is 1. The predicted octanol–water partition coefficient (Wildman–Crippen LogP) is 1.08. The van der Waals surface area contributed by atoms with Crippen LogP contribution in [0.5, 0.6) is 0 Å². The van der Waals surface area contributed by atoms with Gasteiger partial charge >= 0.3 is 0 Å². The van der Waals surface area contributed by atoms with Gasteiger partial charge in [-0.05, 0) is 26.7 Å². The average molecular weight is 339 g/mol. The zero-order valence-electron chi connectivity index (χ0n) is 13.9. The molecule has 1 N–H and O–H groups in total. The smallest absolute Gasteiger partial charge is 0.239 e. The molecule has 0 unspecified atom stereocenters. The van der Waals surface area contributed by atoms with E-state index in [0.29, 0.717) is 13.1 Å². The Hall–Kier alpha value is -1.57. The van der Waals surface area contributed by atoms with Crippen molar-refractivity contribution in [3.8, 4) is 0 Å². The van der Waals surface area contributed by atoms with Gasteiger partial charge in [0, 0.05) is 26.1 Å². The monoisotopic (exact) mass is 339 g/mol. The molecule has 2 rings (SSSR count). The number of fused-ring (bicyclic) bond motifs is 1. The topological polar surface area (TPSA) is 80.1 Å². The molecule has 0 atom stereocenters. The largest absolute Gasteiger partial charge is 0.355 e. The number of carbonyl (C=O) groups excluding carboxylic acids is 2. The molecule has 23 heavy (non-hydrogen) atoms. The van der Waals surface area contributed by atoms with Gasteiger partial charge in [-0.1, -0.05) is 18.2 Å². The molecule has 128 valence electrons. The first-order valence-electron chi connectivity index (χ1n) is 8.25. The highest BCUT2D eigenvalue weighted by Gasteiger charge is 2.19. The third kappa shape index (κ3) is 4.95. The lowest BCUT2D eigenvalue weighted by Gasteiger charge is -2.19. The van der Waals surface area contributed by atoms with E-state index in [0.717, 1.165) is 36.8 Å². The normalized spacial score (nSPS) is 14.0. The van der Waals surface area contributed by atoms with Gasteiger partial charge in [0.05, 0.1) is 12.3 Å². The van der Waals surface area contributed by atoms with Crippen LogP contribution in [0.2, 0.25) is 0 Å². The number of hydrogen-bond donors (Lipinski definition) is 1. The number of aromatic nitrogens is 3. The predicted molar refractivity (Wildman–Crippen MR) is 89.2 cm³/mol. The molecular weight excluding hydrogens is 314 g/mol. The van der Waals surface area contributed by atoms with Crippen LogP contribution in [0.4, 0.5) is 0 Å². The number of nitrogens with zero attached hydrogens (tertiary/aromatic N) is 4. The summed E-state index contributed by atoms with van der Waals surface area (Å²) in [4.78, 5) is 25.5. The number of nitrogens with one attached hydrogen (secondary N) is 1. The number of amides is 2. The minimum Gasteiger partial charge on any atom is -0.355 e. The van der Waals surface area contributed by atoms with E-state index in [1.54, 1.807) is 4.90 Å². The van der Waals surface area contributed by atoms with Crippen molar-refractivity contribution in [2.75, 3.05) is 25.4 Å². The van der Waals surface area contributed by atoms with Gasteiger partial charge in [-0.25, -0.2) is 0 Å². The van der Waals surface area contributed by atoms with Crippen molar-refractivity contribution >= 4 is 23.6 Å². The first-order chi connectivity index (χ1) is 11.2. The molecular formula is C15H25N5O2S. The van der Waals surface area contributed by atoms with E-state index >= 15 is 0 Å². The number of likely N-dealkylation sites (N-methyl/N-ethyl adjacent to an activating group) is 2. The summed E-state index contributed by atoms with van der Waals surface area (Å²) in [5.41, 5.74) is 0. The van der Waals surface area contributed by atoms with Crippen molar-refractivity contribution < 1.29 is 9.59 Å². The second kappa shape index (κ2) is 8.90. The maximum atomic E-state index is 12.3. The van der Waals surface area contributed by atoms with Gasteiger partial charge in [-0.2, -0.15) is 0 Å². The van der Waals surface area contributed by atoms with Gasteiger partial charge in [0.25, 0.3) is 0 Å². The Kier molecular flexibility index (Phi) is 6.88. The van der Waals surface area contributed by atoms with Crippen LogP contribution >= 0.6 is 11.8 Å². The van der Waals surface area contributed by atoms with Gasteiger partial charge in [-0.3, -0.25) is 9.59 Å². The molecule has 0 saturated heterocycles. The van der Waals surface area contributed by atoms with Gasteiger partial charge in [0.2, 0.25) is 11.8 Å². The van der Waals surface area contributed by atoms with E-state index in [-0.39, 0.29) is 24.1 Å². The summed E-state index contributed by atoms with van der Waals surface area (Å²) in [6.45, 7) is 5.88. The maximum absolute atomic E-state index is 12.3. The van der Waals surface area contributed by atoms with Gasteiger partial charge in [0.1, 0.15) is 5.82 Å². The van der Waals surface area contributed by atoms with Gasteiger partial charge in [-0.15, -0.1) is 10.2 Å². The summed E-state index contributed by atoms with van der Waals surface area (Å²) < 4.78 is 2.13. The molecule has 1 aromatic rings. The summed E-state index contributed by atoms with van der Waals surface area (Å²) >= 11 is 1.41. The molecule has 1 aliphatic rings. The number of carbonyl (C=O) groups is 2. The minimum atomic E-state index is -0.121. The van der Waals surface area contributed by atoms with Crippen LogP contribution in [0, 0.1) is 0 Å². The second-order valence-corrected chi connectivity index (χ2v) is 6.45. The van der Waals surface area contributed by atoms with Crippen LogP contribution in [0.15, 0.2) is 5.16 Å². The summed E-state index contributed by atoms with van der Waals surface area (Å²) in [7, 11) is 0. The number of hydrogen-bond acceptors (Lipinski definition) is 5. The molecule has 0 aliphatic carbocycles. The van der Waals surface area contributed by atoms with Crippen molar-refractivity contribution in [2.24, 2.45) is 0 Å². The Morgan fingerprint density at radius 3 is 2.83 bits per heavy atom. The fourth-order valence-corrected chi connectivity index (χ4v) is 3.47. The van der Waals surface area contributed by atoms with Gasteiger partial charge in [0.15, 0.2) is 5.16 Å². The first-order valence-corrected chi connectivity index (χ1v) is 9.23. The van der Waals surface area contributed by atoms with Crippen molar-refractivity contribution in [3.05, 3.63) is 5.82 Å². The van der Waals surface area contributed by atoms with Crippen molar-refractivity contribution in [2.45, 2.75) is 51.2 Å². The van der Waals surface area contributed by atoms with Crippen LogP contribution in [0.3, 0.4) is 0 Å². The molecule has 2 heterocycles. The molecule has 1 aromatic heterocycles. The third-order valence-electron chi connectivity index (χ3n) is 3.84. The molecule has 2 amide bonds. The minimum absolute atomic E-state index is 0.0466. The van der Waals surface area contributed by atoms with Crippen molar-refractivity contribution in [1.29, 1.82) is 0 Å². The zero-order valence-corrected chi connectivity index (χ0v) is 14.7. The van der Waals surface area contributed by atoms with E-state index in [9.17, 15) is 9.59 Å². The molecule has 7 nitrogen and oxygen atoms in total. The highest BCUT2D eigenvalue weighted by molar-refractivity contribution is 7.99. The Bertz CT molecular complexity index is 546. The lowest BCUT2D eigenvalue weighted by molar-refractivity contribution is -0.133. The maximum Gasteiger partial charge on any atom is 0.239 e. The first kappa shape index (κ1) is 17.8. The Labute approximate surface area is 141 Å². The fourth-order valence-electron chi connectivity index (χ4n) is 2.59. The van der Waals surface area contributed by atoms with E-state index in [4.69, 9.17) is 0 Å². The van der Waals surface area contributed by atoms with Crippen LogP contribution in [-0.2, 0) is 22.6 Å². The second-order valence-electron chi connectivity index (χ2n) is 5.51. The Morgan fingerprint density at radius 2 is 2.09 bits per heavy atom. The van der Waals surface area contributed by atoms with E-state index < -0.39 is 0 Å². The average Bonchev–Trinajstić information content (AvgIpc) is 2.77. The Morgan fingerprint density at radius 1 is 1.26 bits per heavy atom. The van der Waals surface area contributed by atoms with Crippen LogP contribution in [0.1, 0.15) is 38.9 Å². The lowest BCUT2D eigenvalue weighted by atomic mass is 10.2. The van der Waals surface area contributed by atoms with Crippen molar-refractivity contribution in [1.82, 2.24) is 25.0 Å². The lowest BCUT2D eigenvalue weighted by Crippen LogP contribution is -2.41. The number of rotatable bonds is 7. The summed E-state index contributed by atoms with van der Waals surface area (Å²) in [6.07, 6.45) is 4.45. The van der Waals surface area contributed by atoms with Crippen molar-refractivity contribution in [3.63, 3.8) is 0 Å². The third-order valence-corrected chi connectivity index (χ3v) is 4.79. The fraction of sp³-hybridized carbons (Fsp3) is 0.733. The molecule has 0 radical (unpaired) electrons. The van der Waals surface area contributed by atoms with Gasteiger partial charge < -0.3 is 14.8 Å². The van der Waals surface area contributed by atoms with Crippen LogP contribution < -0.4 is 5.32 Å². The summed E-state index contributed by atoms with van der Waals surface area (Å²) in [6, 6.07) is 0. The molecule has 1 aliphatic heterocycles. The zero-order chi connectivity index (χ0) is 16.7.